The van der Waals surface area contributed by atoms with Crippen LogP contribution in [0.15, 0.2) is 22.9 Å². The minimum atomic E-state index is 0.304. The number of hydrogen-bond acceptors (Lipinski definition) is 3. The van der Waals surface area contributed by atoms with Crippen molar-refractivity contribution in [1.29, 1.82) is 0 Å². The van der Waals surface area contributed by atoms with Crippen molar-refractivity contribution < 1.29 is 0 Å². The third kappa shape index (κ3) is 3.77. The molecule has 1 aliphatic heterocycles. The van der Waals surface area contributed by atoms with Crippen molar-refractivity contribution in [2.45, 2.75) is 32.7 Å². The summed E-state index contributed by atoms with van der Waals surface area (Å²) in [6.45, 7) is 7.62. The summed E-state index contributed by atoms with van der Waals surface area (Å²) >= 11 is 3.49. The topological polar surface area (TPSA) is 42.1 Å². The number of hydrogen-bond donors (Lipinski definition) is 1. The third-order valence-corrected chi connectivity index (χ3v) is 4.73. The molecule has 0 saturated carbocycles. The number of halogens is 1. The molecule has 0 aliphatic carbocycles. The number of pyridine rings is 1. The molecule has 1 atom stereocenters. The Kier molecular flexibility index (Phi) is 5.37. The Labute approximate surface area is 124 Å². The molecule has 2 rings (SSSR count). The van der Waals surface area contributed by atoms with Crippen molar-refractivity contribution in [2.75, 3.05) is 19.6 Å². The Morgan fingerprint density at radius 2 is 2.05 bits per heavy atom. The van der Waals surface area contributed by atoms with Gasteiger partial charge in [0.25, 0.3) is 0 Å². The fourth-order valence-corrected chi connectivity index (χ4v) is 3.39. The van der Waals surface area contributed by atoms with Gasteiger partial charge in [-0.25, -0.2) is 0 Å². The first-order valence-corrected chi connectivity index (χ1v) is 7.95. The second-order valence-electron chi connectivity index (χ2n) is 5.81. The van der Waals surface area contributed by atoms with Gasteiger partial charge in [0.2, 0.25) is 0 Å². The van der Waals surface area contributed by atoms with Crippen LogP contribution in [0.5, 0.6) is 0 Å². The predicted octanol–water partition coefficient (Wildman–Crippen LogP) is 3.21. The van der Waals surface area contributed by atoms with E-state index in [-0.39, 0.29) is 0 Å². The summed E-state index contributed by atoms with van der Waals surface area (Å²) in [6, 6.07) is 2.44. The Morgan fingerprint density at radius 1 is 1.37 bits per heavy atom. The van der Waals surface area contributed by atoms with Gasteiger partial charge in [-0.3, -0.25) is 9.88 Å². The zero-order chi connectivity index (χ0) is 13.8. The fraction of sp³-hybridized carbons (Fsp3) is 0.667. The van der Waals surface area contributed by atoms with Crippen molar-refractivity contribution in [3.05, 3.63) is 28.5 Å². The monoisotopic (exact) mass is 325 g/mol. The van der Waals surface area contributed by atoms with Crippen LogP contribution in [0.3, 0.4) is 0 Å². The van der Waals surface area contributed by atoms with Crippen molar-refractivity contribution in [3.8, 4) is 0 Å². The molecule has 2 heterocycles. The average molecular weight is 326 g/mol. The number of nitrogens with zero attached hydrogens (tertiary/aromatic N) is 2. The van der Waals surface area contributed by atoms with Crippen LogP contribution in [-0.4, -0.2) is 29.5 Å². The summed E-state index contributed by atoms with van der Waals surface area (Å²) in [6.07, 6.45) is 6.34. The molecule has 0 aromatic carbocycles. The van der Waals surface area contributed by atoms with E-state index >= 15 is 0 Å². The van der Waals surface area contributed by atoms with Crippen LogP contribution in [0.1, 0.15) is 38.3 Å². The zero-order valence-electron chi connectivity index (χ0n) is 11.8. The molecule has 1 fully saturated rings. The Hall–Kier alpha value is -0.450. The van der Waals surface area contributed by atoms with E-state index in [1.807, 2.05) is 12.4 Å². The Morgan fingerprint density at radius 3 is 2.58 bits per heavy atom. The number of piperidine rings is 1. The fourth-order valence-electron chi connectivity index (χ4n) is 3.00. The molecule has 0 radical (unpaired) electrons. The molecule has 1 aromatic rings. The lowest BCUT2D eigenvalue weighted by atomic mass is 9.86. The molecule has 1 aromatic heterocycles. The number of likely N-dealkylation sites (tertiary alicyclic amines) is 1. The van der Waals surface area contributed by atoms with Crippen molar-refractivity contribution in [1.82, 2.24) is 9.88 Å². The lowest BCUT2D eigenvalue weighted by Gasteiger charge is -2.38. The summed E-state index contributed by atoms with van der Waals surface area (Å²) in [5.74, 6) is 1.67. The van der Waals surface area contributed by atoms with Gasteiger partial charge in [-0.1, -0.05) is 13.8 Å². The molecule has 1 aliphatic rings. The maximum absolute atomic E-state index is 6.00. The van der Waals surface area contributed by atoms with Crippen LogP contribution in [-0.2, 0) is 0 Å². The normalized spacial score (nSPS) is 19.8. The first kappa shape index (κ1) is 14.9. The quantitative estimate of drug-likeness (QED) is 0.924. The lowest BCUT2D eigenvalue weighted by Crippen LogP contribution is -2.40. The highest BCUT2D eigenvalue weighted by atomic mass is 79.9. The smallest absolute Gasteiger partial charge is 0.0486 e. The minimum absolute atomic E-state index is 0.304. The van der Waals surface area contributed by atoms with Crippen molar-refractivity contribution >= 4 is 15.9 Å². The van der Waals surface area contributed by atoms with Gasteiger partial charge in [-0.05, 0) is 65.3 Å². The van der Waals surface area contributed by atoms with Crippen LogP contribution in [0.25, 0.3) is 0 Å². The van der Waals surface area contributed by atoms with Gasteiger partial charge in [0.15, 0.2) is 0 Å². The molecule has 106 valence electrons. The van der Waals surface area contributed by atoms with E-state index in [1.165, 1.54) is 18.4 Å². The van der Waals surface area contributed by atoms with Gasteiger partial charge in [0.05, 0.1) is 0 Å². The molecule has 19 heavy (non-hydrogen) atoms. The molecule has 0 spiro atoms. The van der Waals surface area contributed by atoms with Crippen LogP contribution >= 0.6 is 15.9 Å². The van der Waals surface area contributed by atoms with Crippen LogP contribution < -0.4 is 5.73 Å². The van der Waals surface area contributed by atoms with E-state index in [2.05, 4.69) is 45.7 Å². The largest absolute Gasteiger partial charge is 0.329 e. The number of aromatic nitrogens is 1. The maximum Gasteiger partial charge on any atom is 0.0486 e. The number of nitrogens with two attached hydrogens (primary N) is 1. The van der Waals surface area contributed by atoms with Gasteiger partial charge in [0, 0.05) is 29.5 Å². The predicted molar refractivity (Wildman–Crippen MR) is 82.9 cm³/mol. The van der Waals surface area contributed by atoms with E-state index < -0.39 is 0 Å². The van der Waals surface area contributed by atoms with Crippen LogP contribution in [0.4, 0.5) is 0 Å². The van der Waals surface area contributed by atoms with E-state index in [0.29, 0.717) is 12.6 Å². The van der Waals surface area contributed by atoms with E-state index in [1.54, 1.807) is 0 Å². The van der Waals surface area contributed by atoms with Gasteiger partial charge < -0.3 is 5.73 Å². The summed E-state index contributed by atoms with van der Waals surface area (Å²) in [4.78, 5) is 6.78. The van der Waals surface area contributed by atoms with Gasteiger partial charge in [0.1, 0.15) is 0 Å². The molecule has 4 heteroatoms. The molecule has 3 nitrogen and oxygen atoms in total. The first-order valence-electron chi connectivity index (χ1n) is 7.16. The molecule has 1 saturated heterocycles. The minimum Gasteiger partial charge on any atom is -0.329 e. The molecule has 1 unspecified atom stereocenters. The third-order valence-electron chi connectivity index (χ3n) is 4.29. The molecular formula is C15H24BrN3. The van der Waals surface area contributed by atoms with Crippen molar-refractivity contribution in [2.24, 2.45) is 17.6 Å². The highest BCUT2D eigenvalue weighted by Gasteiger charge is 2.26. The van der Waals surface area contributed by atoms with Crippen LogP contribution in [0.2, 0.25) is 0 Å². The molecule has 0 amide bonds. The SMILES string of the molecule is CC(C)C1CCN(C(CN)c2cncc(Br)c2)CC1. The lowest BCUT2D eigenvalue weighted by molar-refractivity contribution is 0.117. The standard InChI is InChI=1S/C15H24BrN3/c1-11(2)12-3-5-19(6-4-12)15(8-17)13-7-14(16)10-18-9-13/h7,9-12,15H,3-6,8,17H2,1-2H3. The molecule has 2 N–H and O–H groups in total. The summed E-state index contributed by atoms with van der Waals surface area (Å²) in [5, 5.41) is 0. The Bertz CT molecular complexity index is 400. The van der Waals surface area contributed by atoms with E-state index in [9.17, 15) is 0 Å². The Balaban J connectivity index is 2.03. The summed E-state index contributed by atoms with van der Waals surface area (Å²) in [7, 11) is 0. The maximum atomic E-state index is 6.00. The average Bonchev–Trinajstić information content (AvgIpc) is 2.40. The number of rotatable bonds is 4. The summed E-state index contributed by atoms with van der Waals surface area (Å²) in [5.41, 5.74) is 7.22. The van der Waals surface area contributed by atoms with Crippen molar-refractivity contribution in [3.63, 3.8) is 0 Å². The zero-order valence-corrected chi connectivity index (χ0v) is 13.4. The molecular weight excluding hydrogens is 302 g/mol. The summed E-state index contributed by atoms with van der Waals surface area (Å²) < 4.78 is 1.03. The highest BCUT2D eigenvalue weighted by molar-refractivity contribution is 9.10. The van der Waals surface area contributed by atoms with Gasteiger partial charge in [-0.15, -0.1) is 0 Å². The second-order valence-corrected chi connectivity index (χ2v) is 6.72. The van der Waals surface area contributed by atoms with E-state index in [0.717, 1.165) is 29.4 Å². The van der Waals surface area contributed by atoms with E-state index in [4.69, 9.17) is 5.73 Å². The molecule has 0 bridgehead atoms. The second kappa shape index (κ2) is 6.82. The highest BCUT2D eigenvalue weighted by Crippen LogP contribution is 2.30. The van der Waals surface area contributed by atoms with Gasteiger partial charge >= 0.3 is 0 Å². The van der Waals surface area contributed by atoms with Crippen LogP contribution in [0, 0.1) is 11.8 Å². The van der Waals surface area contributed by atoms with Gasteiger partial charge in [-0.2, -0.15) is 0 Å². The first-order chi connectivity index (χ1) is 9.11.